The normalized spacial score (nSPS) is 14.6. The van der Waals surface area contributed by atoms with E-state index >= 15 is 0 Å². The molecule has 0 heterocycles. The van der Waals surface area contributed by atoms with E-state index in [4.69, 9.17) is 5.73 Å². The molecular formula is C14H22BrNS. The lowest BCUT2D eigenvalue weighted by molar-refractivity contribution is 0.450. The summed E-state index contributed by atoms with van der Waals surface area (Å²) in [6, 6.07) is 8.74. The molecule has 1 nitrogen and oxygen atoms in total. The Morgan fingerprint density at radius 1 is 1.29 bits per heavy atom. The molecule has 1 aromatic rings. The predicted octanol–water partition coefficient (Wildman–Crippen LogP) is 4.69. The second-order valence-electron chi connectivity index (χ2n) is 4.65. The lowest BCUT2D eigenvalue weighted by Crippen LogP contribution is -2.25. The highest BCUT2D eigenvalue weighted by atomic mass is 79.9. The molecule has 2 atom stereocenters. The highest BCUT2D eigenvalue weighted by Crippen LogP contribution is 2.22. The number of hydrogen-bond acceptors (Lipinski definition) is 2. The predicted molar refractivity (Wildman–Crippen MR) is 81.5 cm³/mol. The first kappa shape index (κ1) is 15.1. The van der Waals surface area contributed by atoms with Gasteiger partial charge < -0.3 is 5.73 Å². The van der Waals surface area contributed by atoms with Crippen molar-refractivity contribution >= 4 is 27.7 Å². The maximum absolute atomic E-state index is 6.15. The maximum Gasteiger partial charge on any atom is 0.0176 e. The summed E-state index contributed by atoms with van der Waals surface area (Å²) in [4.78, 5) is 1.30. The zero-order valence-corrected chi connectivity index (χ0v) is 13.1. The molecule has 0 aliphatic heterocycles. The van der Waals surface area contributed by atoms with Crippen LogP contribution in [0.15, 0.2) is 33.6 Å². The monoisotopic (exact) mass is 315 g/mol. The average Bonchev–Trinajstić information content (AvgIpc) is 2.28. The molecule has 17 heavy (non-hydrogen) atoms. The highest BCUT2D eigenvalue weighted by Gasteiger charge is 2.08. The molecule has 0 saturated heterocycles. The zero-order valence-electron chi connectivity index (χ0n) is 10.7. The molecule has 0 fully saturated rings. The Morgan fingerprint density at radius 3 is 2.53 bits per heavy atom. The molecule has 0 amide bonds. The van der Waals surface area contributed by atoms with Crippen LogP contribution >= 0.6 is 27.7 Å². The molecule has 2 unspecified atom stereocenters. The van der Waals surface area contributed by atoms with E-state index in [1.807, 2.05) is 11.8 Å². The van der Waals surface area contributed by atoms with Gasteiger partial charge in [0.1, 0.15) is 0 Å². The molecule has 0 saturated carbocycles. The Balaban J connectivity index is 2.27. The van der Waals surface area contributed by atoms with Crippen LogP contribution in [0.3, 0.4) is 0 Å². The molecule has 96 valence electrons. The summed E-state index contributed by atoms with van der Waals surface area (Å²) in [6.45, 7) is 4.53. The summed E-state index contributed by atoms with van der Waals surface area (Å²) in [7, 11) is 0. The zero-order chi connectivity index (χ0) is 12.7. The summed E-state index contributed by atoms with van der Waals surface area (Å²) in [5.74, 6) is 1.76. The van der Waals surface area contributed by atoms with Gasteiger partial charge in [-0.2, -0.15) is 0 Å². The van der Waals surface area contributed by atoms with Crippen molar-refractivity contribution in [3.8, 4) is 0 Å². The molecule has 0 spiro atoms. The molecule has 0 bridgehead atoms. The van der Waals surface area contributed by atoms with E-state index in [0.29, 0.717) is 6.04 Å². The van der Waals surface area contributed by atoms with Crippen molar-refractivity contribution in [2.45, 2.75) is 44.0 Å². The van der Waals surface area contributed by atoms with Crippen molar-refractivity contribution in [2.75, 3.05) is 5.75 Å². The van der Waals surface area contributed by atoms with Crippen LogP contribution in [0.2, 0.25) is 0 Å². The Bertz CT molecular complexity index is 313. The first-order valence-electron chi connectivity index (χ1n) is 6.25. The van der Waals surface area contributed by atoms with Crippen LogP contribution < -0.4 is 5.73 Å². The fraction of sp³-hybridized carbons (Fsp3) is 0.571. The standard InChI is InChI=1S/C14H22BrNS/c1-3-4-11(2)9-13(16)10-17-14-7-5-12(15)6-8-14/h5-8,11,13H,3-4,9-10,16H2,1-2H3. The summed E-state index contributed by atoms with van der Waals surface area (Å²) < 4.78 is 1.13. The lowest BCUT2D eigenvalue weighted by Gasteiger charge is -2.16. The fourth-order valence-corrected chi connectivity index (χ4v) is 3.07. The minimum atomic E-state index is 0.310. The van der Waals surface area contributed by atoms with Gasteiger partial charge >= 0.3 is 0 Å². The topological polar surface area (TPSA) is 26.0 Å². The van der Waals surface area contributed by atoms with E-state index in [1.165, 1.54) is 17.7 Å². The second-order valence-corrected chi connectivity index (χ2v) is 6.66. The third kappa shape index (κ3) is 6.49. The molecule has 2 N–H and O–H groups in total. The molecule has 3 heteroatoms. The van der Waals surface area contributed by atoms with Crippen molar-refractivity contribution in [2.24, 2.45) is 11.7 Å². The van der Waals surface area contributed by atoms with Gasteiger partial charge in [0.2, 0.25) is 0 Å². The van der Waals surface area contributed by atoms with Crippen LogP contribution in [0.5, 0.6) is 0 Å². The Hall–Kier alpha value is 0.01000. The number of thioether (sulfide) groups is 1. The lowest BCUT2D eigenvalue weighted by atomic mass is 9.99. The van der Waals surface area contributed by atoms with Gasteiger partial charge in [0.05, 0.1) is 0 Å². The van der Waals surface area contributed by atoms with Crippen molar-refractivity contribution in [3.05, 3.63) is 28.7 Å². The number of rotatable bonds is 7. The summed E-state index contributed by atoms with van der Waals surface area (Å²) in [5.41, 5.74) is 6.15. The molecule has 0 radical (unpaired) electrons. The van der Waals surface area contributed by atoms with E-state index in [2.05, 4.69) is 54.0 Å². The molecule has 1 aromatic carbocycles. The van der Waals surface area contributed by atoms with Gasteiger partial charge in [-0.05, 0) is 36.6 Å². The van der Waals surface area contributed by atoms with E-state index in [-0.39, 0.29) is 0 Å². The molecule has 0 aromatic heterocycles. The molecular weight excluding hydrogens is 294 g/mol. The quantitative estimate of drug-likeness (QED) is 0.738. The number of hydrogen-bond donors (Lipinski definition) is 1. The van der Waals surface area contributed by atoms with Gasteiger partial charge in [0, 0.05) is 21.2 Å². The number of halogens is 1. The Morgan fingerprint density at radius 2 is 1.94 bits per heavy atom. The smallest absolute Gasteiger partial charge is 0.0176 e. The fourth-order valence-electron chi connectivity index (χ4n) is 1.93. The first-order valence-corrected chi connectivity index (χ1v) is 8.03. The summed E-state index contributed by atoms with van der Waals surface area (Å²) >= 11 is 5.29. The van der Waals surface area contributed by atoms with Crippen LogP contribution in [-0.2, 0) is 0 Å². The van der Waals surface area contributed by atoms with Gasteiger partial charge in [-0.25, -0.2) is 0 Å². The van der Waals surface area contributed by atoms with Crippen LogP contribution in [0, 0.1) is 5.92 Å². The molecule has 1 rings (SSSR count). The molecule has 0 aliphatic carbocycles. The second kappa shape index (κ2) is 8.17. The van der Waals surface area contributed by atoms with Gasteiger partial charge in [0.15, 0.2) is 0 Å². The van der Waals surface area contributed by atoms with Gasteiger partial charge in [-0.15, -0.1) is 11.8 Å². The summed E-state index contributed by atoms with van der Waals surface area (Å²) in [5, 5.41) is 0. The van der Waals surface area contributed by atoms with Crippen molar-refractivity contribution in [3.63, 3.8) is 0 Å². The average molecular weight is 316 g/mol. The van der Waals surface area contributed by atoms with Crippen LogP contribution in [0.4, 0.5) is 0 Å². The van der Waals surface area contributed by atoms with E-state index in [0.717, 1.165) is 22.6 Å². The first-order chi connectivity index (χ1) is 8.11. The SMILES string of the molecule is CCCC(C)CC(N)CSc1ccc(Br)cc1. The van der Waals surface area contributed by atoms with Crippen LogP contribution in [0.1, 0.15) is 33.1 Å². The molecule has 0 aliphatic rings. The van der Waals surface area contributed by atoms with Crippen molar-refractivity contribution in [1.29, 1.82) is 0 Å². The summed E-state index contributed by atoms with van der Waals surface area (Å²) in [6.07, 6.45) is 3.68. The van der Waals surface area contributed by atoms with Gasteiger partial charge in [-0.3, -0.25) is 0 Å². The third-order valence-electron chi connectivity index (χ3n) is 2.76. The van der Waals surface area contributed by atoms with E-state index in [9.17, 15) is 0 Å². The number of nitrogens with two attached hydrogens (primary N) is 1. The van der Waals surface area contributed by atoms with Crippen molar-refractivity contribution in [1.82, 2.24) is 0 Å². The Labute approximate surface area is 118 Å². The van der Waals surface area contributed by atoms with Crippen molar-refractivity contribution < 1.29 is 0 Å². The number of benzene rings is 1. The maximum atomic E-state index is 6.15. The van der Waals surface area contributed by atoms with E-state index < -0.39 is 0 Å². The van der Waals surface area contributed by atoms with Crippen LogP contribution in [-0.4, -0.2) is 11.8 Å². The van der Waals surface area contributed by atoms with E-state index in [1.54, 1.807) is 0 Å². The van der Waals surface area contributed by atoms with Gasteiger partial charge in [-0.1, -0.05) is 42.6 Å². The largest absolute Gasteiger partial charge is 0.327 e. The van der Waals surface area contributed by atoms with Gasteiger partial charge in [0.25, 0.3) is 0 Å². The third-order valence-corrected chi connectivity index (χ3v) is 4.49. The minimum Gasteiger partial charge on any atom is -0.327 e. The minimum absolute atomic E-state index is 0.310. The highest BCUT2D eigenvalue weighted by molar-refractivity contribution is 9.10. The van der Waals surface area contributed by atoms with Crippen LogP contribution in [0.25, 0.3) is 0 Å². The Kier molecular flexibility index (Phi) is 7.24.